The van der Waals surface area contributed by atoms with Crippen LogP contribution in [0.4, 0.5) is 0 Å². The number of carbonyl (C=O) groups is 3. The molecule has 0 unspecified atom stereocenters. The first-order valence-electron chi connectivity index (χ1n) is 10.2. The summed E-state index contributed by atoms with van der Waals surface area (Å²) in [6.07, 6.45) is 4.21. The number of imide groups is 1. The Labute approximate surface area is 168 Å². The Kier molecular flexibility index (Phi) is 4.01. The first-order valence-corrected chi connectivity index (χ1v) is 11.1. The summed E-state index contributed by atoms with van der Waals surface area (Å²) in [7, 11) is 0. The van der Waals surface area contributed by atoms with Crippen LogP contribution in [0.1, 0.15) is 60.8 Å². The highest BCUT2D eigenvalue weighted by molar-refractivity contribution is 7.10. The maximum absolute atomic E-state index is 12.9. The third-order valence-corrected chi connectivity index (χ3v) is 8.17. The van der Waals surface area contributed by atoms with Crippen molar-refractivity contribution in [2.45, 2.75) is 65.1 Å². The van der Waals surface area contributed by atoms with Crippen LogP contribution in [0.15, 0.2) is 5.38 Å². The van der Waals surface area contributed by atoms with Crippen molar-refractivity contribution in [1.29, 1.82) is 0 Å². The first kappa shape index (κ1) is 18.3. The van der Waals surface area contributed by atoms with Crippen molar-refractivity contribution < 1.29 is 19.1 Å². The number of carbonyl (C=O) groups excluding carboxylic acids is 3. The smallest absolute Gasteiger partial charge is 0.271 e. The fourth-order valence-electron chi connectivity index (χ4n) is 5.43. The predicted molar refractivity (Wildman–Crippen MR) is 103 cm³/mol. The summed E-state index contributed by atoms with van der Waals surface area (Å²) in [6, 6.07) is 0. The largest absolute Gasteiger partial charge is 0.373 e. The average Bonchev–Trinajstić information content (AvgIpc) is 3.39. The Morgan fingerprint density at radius 1 is 1.14 bits per heavy atom. The van der Waals surface area contributed by atoms with Gasteiger partial charge in [-0.15, -0.1) is 11.3 Å². The van der Waals surface area contributed by atoms with Crippen molar-refractivity contribution in [1.82, 2.24) is 10.4 Å². The molecule has 7 heteroatoms. The number of rotatable bonds is 2. The molecule has 3 fully saturated rings. The summed E-state index contributed by atoms with van der Waals surface area (Å²) < 4.78 is 5.74. The number of thiophene rings is 1. The third kappa shape index (κ3) is 2.59. The van der Waals surface area contributed by atoms with E-state index in [1.54, 1.807) is 11.3 Å². The standard InChI is InChI=1S/C21H26N2O4S/c1-21(2,3)10-4-5-11-12(9-28-15(11)8-10)18(24)22-23-19(25)16-13-6-7-14(27-13)17(16)20(23)26/h9-10,13-14,16-17H,4-8H2,1-3H3,(H,22,24)/t10-,13-,14-,16+,17+/m1/s1. The van der Waals surface area contributed by atoms with Crippen molar-refractivity contribution in [3.05, 3.63) is 21.4 Å². The topological polar surface area (TPSA) is 75.7 Å². The number of nitrogens with zero attached hydrogens (tertiary/aromatic N) is 1. The zero-order valence-corrected chi connectivity index (χ0v) is 17.3. The number of hydrogen-bond acceptors (Lipinski definition) is 5. The molecule has 0 spiro atoms. The van der Waals surface area contributed by atoms with Gasteiger partial charge >= 0.3 is 0 Å². The van der Waals surface area contributed by atoms with Gasteiger partial charge in [0.25, 0.3) is 17.7 Å². The van der Waals surface area contributed by atoms with Gasteiger partial charge in [0.1, 0.15) is 0 Å². The van der Waals surface area contributed by atoms with Crippen molar-refractivity contribution in [3.8, 4) is 0 Å². The molecule has 4 heterocycles. The minimum absolute atomic E-state index is 0.170. The summed E-state index contributed by atoms with van der Waals surface area (Å²) >= 11 is 1.62. The summed E-state index contributed by atoms with van der Waals surface area (Å²) in [4.78, 5) is 39.7. The molecule has 3 amide bonds. The van der Waals surface area contributed by atoms with Crippen LogP contribution in [-0.4, -0.2) is 34.9 Å². The van der Waals surface area contributed by atoms with E-state index in [0.717, 1.165) is 42.7 Å². The quantitative estimate of drug-likeness (QED) is 0.772. The molecule has 150 valence electrons. The van der Waals surface area contributed by atoms with E-state index in [9.17, 15) is 14.4 Å². The van der Waals surface area contributed by atoms with Crippen LogP contribution < -0.4 is 5.43 Å². The lowest BCUT2D eigenvalue weighted by Crippen LogP contribution is -2.48. The van der Waals surface area contributed by atoms with E-state index in [1.807, 2.05) is 5.38 Å². The molecule has 6 nitrogen and oxygen atoms in total. The summed E-state index contributed by atoms with van der Waals surface area (Å²) in [5.41, 5.74) is 4.57. The Bertz CT molecular complexity index is 842. The molecular weight excluding hydrogens is 376 g/mol. The molecule has 1 aliphatic carbocycles. The molecule has 0 saturated carbocycles. The molecule has 5 rings (SSSR count). The summed E-state index contributed by atoms with van der Waals surface area (Å²) in [6.45, 7) is 6.80. The van der Waals surface area contributed by atoms with E-state index < -0.39 is 11.8 Å². The van der Waals surface area contributed by atoms with Crippen LogP contribution >= 0.6 is 11.3 Å². The molecule has 0 radical (unpaired) electrons. The summed E-state index contributed by atoms with van der Waals surface area (Å²) in [5.74, 6) is -1.21. The van der Waals surface area contributed by atoms with Crippen LogP contribution in [-0.2, 0) is 27.2 Å². The Balaban J connectivity index is 1.33. The van der Waals surface area contributed by atoms with E-state index in [0.29, 0.717) is 11.5 Å². The van der Waals surface area contributed by atoms with Crippen LogP contribution in [0, 0.1) is 23.2 Å². The van der Waals surface area contributed by atoms with Crippen LogP contribution in [0.3, 0.4) is 0 Å². The van der Waals surface area contributed by atoms with Gasteiger partial charge in [0, 0.05) is 10.3 Å². The van der Waals surface area contributed by atoms with E-state index in [2.05, 4.69) is 26.2 Å². The molecule has 5 atom stereocenters. The van der Waals surface area contributed by atoms with Crippen LogP contribution in [0.5, 0.6) is 0 Å². The van der Waals surface area contributed by atoms with Gasteiger partial charge in [-0.1, -0.05) is 20.8 Å². The maximum Gasteiger partial charge on any atom is 0.271 e. The van der Waals surface area contributed by atoms with E-state index in [4.69, 9.17) is 4.74 Å². The fraction of sp³-hybridized carbons (Fsp3) is 0.667. The van der Waals surface area contributed by atoms with Gasteiger partial charge in [-0.3, -0.25) is 19.8 Å². The number of hydrazine groups is 1. The molecule has 3 saturated heterocycles. The zero-order valence-electron chi connectivity index (χ0n) is 16.5. The highest BCUT2D eigenvalue weighted by atomic mass is 32.1. The minimum atomic E-state index is -0.421. The zero-order chi connectivity index (χ0) is 19.8. The molecule has 28 heavy (non-hydrogen) atoms. The van der Waals surface area contributed by atoms with Gasteiger partial charge in [0.15, 0.2) is 0 Å². The third-order valence-electron chi connectivity index (χ3n) is 7.12. The van der Waals surface area contributed by atoms with E-state index in [-0.39, 0.29) is 35.3 Å². The lowest BCUT2D eigenvalue weighted by molar-refractivity contribution is -0.145. The van der Waals surface area contributed by atoms with Crippen molar-refractivity contribution in [3.63, 3.8) is 0 Å². The second kappa shape index (κ2) is 6.13. The van der Waals surface area contributed by atoms with E-state index in [1.165, 1.54) is 4.88 Å². The second-order valence-electron chi connectivity index (χ2n) is 9.65. The minimum Gasteiger partial charge on any atom is -0.373 e. The molecule has 1 N–H and O–H groups in total. The predicted octanol–water partition coefficient (Wildman–Crippen LogP) is 2.71. The SMILES string of the molecule is CC(C)(C)[C@@H]1CCc2c(C(=O)NN3C(=O)[C@@H]4[C@@H](C3=O)[C@H]3CC[C@H]4O3)csc2C1. The lowest BCUT2D eigenvalue weighted by atomic mass is 9.72. The van der Waals surface area contributed by atoms with Gasteiger partial charge in [0.05, 0.1) is 29.6 Å². The molecule has 4 aliphatic rings. The van der Waals surface area contributed by atoms with Gasteiger partial charge in [0.2, 0.25) is 0 Å². The molecule has 1 aromatic heterocycles. The second-order valence-corrected chi connectivity index (χ2v) is 10.6. The fourth-order valence-corrected chi connectivity index (χ4v) is 6.59. The van der Waals surface area contributed by atoms with E-state index >= 15 is 0 Å². The van der Waals surface area contributed by atoms with Crippen LogP contribution in [0.25, 0.3) is 0 Å². The molecule has 1 aromatic rings. The molecular formula is C21H26N2O4S. The number of amides is 3. The van der Waals surface area contributed by atoms with Gasteiger partial charge in [-0.2, -0.15) is 5.01 Å². The van der Waals surface area contributed by atoms with Crippen LogP contribution in [0.2, 0.25) is 0 Å². The van der Waals surface area contributed by atoms with Gasteiger partial charge in [-0.25, -0.2) is 0 Å². The molecule has 3 aliphatic heterocycles. The van der Waals surface area contributed by atoms with Crippen molar-refractivity contribution >= 4 is 29.1 Å². The first-order chi connectivity index (χ1) is 13.3. The average molecular weight is 403 g/mol. The number of hydrogen-bond donors (Lipinski definition) is 1. The Hall–Kier alpha value is -1.73. The van der Waals surface area contributed by atoms with Gasteiger partial charge in [-0.05, 0) is 49.0 Å². The monoisotopic (exact) mass is 402 g/mol. The highest BCUT2D eigenvalue weighted by Gasteiger charge is 2.63. The lowest BCUT2D eigenvalue weighted by Gasteiger charge is -2.34. The maximum atomic E-state index is 12.9. The van der Waals surface area contributed by atoms with Gasteiger partial charge < -0.3 is 4.74 Å². The Morgan fingerprint density at radius 2 is 1.79 bits per heavy atom. The number of nitrogens with one attached hydrogen (secondary N) is 1. The highest BCUT2D eigenvalue weighted by Crippen LogP contribution is 2.48. The number of fused-ring (bicyclic) bond motifs is 6. The Morgan fingerprint density at radius 3 is 2.39 bits per heavy atom. The molecule has 2 bridgehead atoms. The van der Waals surface area contributed by atoms with Crippen molar-refractivity contribution in [2.75, 3.05) is 0 Å². The molecule has 0 aromatic carbocycles. The number of ether oxygens (including phenoxy) is 1. The van der Waals surface area contributed by atoms with Crippen molar-refractivity contribution in [2.24, 2.45) is 23.2 Å². The summed E-state index contributed by atoms with van der Waals surface area (Å²) in [5, 5.41) is 2.85. The normalized spacial score (nSPS) is 34.0.